The first-order valence-electron chi connectivity index (χ1n) is 8.10. The fraction of sp³-hybridized carbons (Fsp3) is 0.200. The number of carbonyl (C=O) groups is 1. The fourth-order valence-corrected chi connectivity index (χ4v) is 2.90. The van der Waals surface area contributed by atoms with Gasteiger partial charge >= 0.3 is 5.97 Å². The molecule has 0 aliphatic heterocycles. The van der Waals surface area contributed by atoms with Crippen molar-refractivity contribution in [1.29, 1.82) is 0 Å². The van der Waals surface area contributed by atoms with E-state index >= 15 is 0 Å². The average Bonchev–Trinajstić information content (AvgIpc) is 2.58. The normalized spacial score (nSPS) is 10.7. The topological polar surface area (TPSA) is 51.2 Å². The lowest BCUT2D eigenvalue weighted by Crippen LogP contribution is -2.09. The first-order chi connectivity index (χ1) is 12.0. The molecule has 0 saturated heterocycles. The predicted octanol–water partition coefficient (Wildman–Crippen LogP) is 5.43. The van der Waals surface area contributed by atoms with Gasteiger partial charge in [-0.3, -0.25) is 4.98 Å². The highest BCUT2D eigenvalue weighted by Gasteiger charge is 2.18. The summed E-state index contributed by atoms with van der Waals surface area (Å²) in [5.74, 6) is -0.403. The second-order valence-electron chi connectivity index (χ2n) is 5.83. The molecule has 2 aromatic carbocycles. The number of rotatable bonds is 4. The van der Waals surface area contributed by atoms with Crippen molar-refractivity contribution >= 4 is 39.8 Å². The van der Waals surface area contributed by atoms with E-state index in [1.54, 1.807) is 13.1 Å². The van der Waals surface area contributed by atoms with Crippen LogP contribution in [0.4, 0.5) is 11.4 Å². The zero-order chi connectivity index (χ0) is 18.0. The Hall–Kier alpha value is -2.59. The predicted molar refractivity (Wildman–Crippen MR) is 102 cm³/mol. The minimum absolute atomic E-state index is 0.306. The van der Waals surface area contributed by atoms with Gasteiger partial charge in [0, 0.05) is 22.3 Å². The molecule has 0 radical (unpaired) electrons. The Morgan fingerprint density at radius 2 is 2.04 bits per heavy atom. The molecule has 3 rings (SSSR count). The van der Waals surface area contributed by atoms with E-state index in [4.69, 9.17) is 16.3 Å². The molecule has 5 heteroatoms. The number of nitrogens with one attached hydrogen (secondary N) is 1. The highest BCUT2D eigenvalue weighted by Crippen LogP contribution is 2.33. The third-order valence-corrected chi connectivity index (χ3v) is 4.42. The van der Waals surface area contributed by atoms with E-state index < -0.39 is 5.97 Å². The summed E-state index contributed by atoms with van der Waals surface area (Å²) in [7, 11) is 0. The summed E-state index contributed by atoms with van der Waals surface area (Å²) in [5, 5.41) is 4.83. The average molecular weight is 355 g/mol. The zero-order valence-electron chi connectivity index (χ0n) is 14.4. The van der Waals surface area contributed by atoms with Gasteiger partial charge in [-0.15, -0.1) is 0 Å². The Labute approximate surface area is 151 Å². The minimum atomic E-state index is -0.403. The molecule has 0 aliphatic carbocycles. The molecule has 0 spiro atoms. The molecule has 0 atom stereocenters. The van der Waals surface area contributed by atoms with E-state index in [0.717, 1.165) is 27.7 Å². The monoisotopic (exact) mass is 354 g/mol. The molecule has 0 fully saturated rings. The van der Waals surface area contributed by atoms with Crippen LogP contribution in [0.1, 0.15) is 28.4 Å². The molecule has 1 N–H and O–H groups in total. The van der Waals surface area contributed by atoms with E-state index in [1.807, 2.05) is 50.2 Å². The van der Waals surface area contributed by atoms with Crippen LogP contribution in [0.15, 0.2) is 42.6 Å². The van der Waals surface area contributed by atoms with Gasteiger partial charge in [0.25, 0.3) is 0 Å². The highest BCUT2D eigenvalue weighted by molar-refractivity contribution is 6.32. The lowest BCUT2D eigenvalue weighted by molar-refractivity contribution is 0.0527. The van der Waals surface area contributed by atoms with E-state index in [1.165, 1.54) is 0 Å². The number of hydrogen-bond acceptors (Lipinski definition) is 4. The van der Waals surface area contributed by atoms with Gasteiger partial charge in [-0.25, -0.2) is 4.79 Å². The van der Waals surface area contributed by atoms with Crippen molar-refractivity contribution < 1.29 is 9.53 Å². The number of halogens is 1. The van der Waals surface area contributed by atoms with Crippen LogP contribution in [0.25, 0.3) is 10.9 Å². The van der Waals surface area contributed by atoms with Crippen molar-refractivity contribution in [2.45, 2.75) is 20.8 Å². The zero-order valence-corrected chi connectivity index (χ0v) is 15.1. The van der Waals surface area contributed by atoms with E-state index in [9.17, 15) is 4.79 Å². The fourth-order valence-electron chi connectivity index (χ4n) is 2.75. The summed E-state index contributed by atoms with van der Waals surface area (Å²) in [6.07, 6.45) is 1.54. The number of hydrogen-bond donors (Lipinski definition) is 1. The Balaban J connectivity index is 2.21. The number of anilines is 2. The van der Waals surface area contributed by atoms with Gasteiger partial charge < -0.3 is 10.1 Å². The molecule has 1 heterocycles. The van der Waals surface area contributed by atoms with Crippen LogP contribution in [0.3, 0.4) is 0 Å². The Kier molecular flexibility index (Phi) is 4.91. The smallest absolute Gasteiger partial charge is 0.341 e. The maximum absolute atomic E-state index is 12.4. The molecular formula is C20H19ClN2O2. The Morgan fingerprint density at radius 1 is 1.24 bits per heavy atom. The van der Waals surface area contributed by atoms with Crippen LogP contribution >= 0.6 is 11.6 Å². The van der Waals surface area contributed by atoms with E-state index in [0.29, 0.717) is 22.9 Å². The van der Waals surface area contributed by atoms with Crippen LogP contribution in [-0.2, 0) is 4.74 Å². The van der Waals surface area contributed by atoms with Gasteiger partial charge in [0.1, 0.15) is 5.56 Å². The standard InChI is InChI=1S/C20H19ClN2O2/c1-4-25-20(24)16-11-22-18-13(3)17(21)9-8-15(18)19(16)23-14-7-5-6-12(2)10-14/h5-11H,4H2,1-3H3,(H,22,23). The third-order valence-electron chi connectivity index (χ3n) is 4.01. The number of carbonyl (C=O) groups excluding carboxylic acids is 1. The molecule has 25 heavy (non-hydrogen) atoms. The number of esters is 1. The second-order valence-corrected chi connectivity index (χ2v) is 6.24. The SMILES string of the molecule is CCOC(=O)c1cnc2c(C)c(Cl)ccc2c1Nc1cccc(C)c1. The largest absolute Gasteiger partial charge is 0.462 e. The maximum atomic E-state index is 12.4. The van der Waals surface area contributed by atoms with Crippen LogP contribution in [0.2, 0.25) is 5.02 Å². The summed E-state index contributed by atoms with van der Waals surface area (Å²) in [4.78, 5) is 16.8. The summed E-state index contributed by atoms with van der Waals surface area (Å²) in [5.41, 5.74) is 4.73. The summed E-state index contributed by atoms with van der Waals surface area (Å²) in [6, 6.07) is 11.6. The number of nitrogens with zero attached hydrogens (tertiary/aromatic N) is 1. The van der Waals surface area contributed by atoms with Gasteiger partial charge in [-0.1, -0.05) is 23.7 Å². The van der Waals surface area contributed by atoms with Gasteiger partial charge in [-0.05, 0) is 56.2 Å². The maximum Gasteiger partial charge on any atom is 0.341 e. The van der Waals surface area contributed by atoms with Gasteiger partial charge in [-0.2, -0.15) is 0 Å². The van der Waals surface area contributed by atoms with E-state index in [2.05, 4.69) is 10.3 Å². The number of fused-ring (bicyclic) bond motifs is 1. The van der Waals surface area contributed by atoms with Crippen molar-refractivity contribution in [3.8, 4) is 0 Å². The van der Waals surface area contributed by atoms with Gasteiger partial charge in [0.2, 0.25) is 0 Å². The number of pyridine rings is 1. The highest BCUT2D eigenvalue weighted by atomic mass is 35.5. The van der Waals surface area contributed by atoms with Crippen molar-refractivity contribution in [3.05, 3.63) is 64.3 Å². The number of aromatic nitrogens is 1. The molecule has 4 nitrogen and oxygen atoms in total. The number of ether oxygens (including phenoxy) is 1. The molecule has 128 valence electrons. The lowest BCUT2D eigenvalue weighted by Gasteiger charge is -2.15. The van der Waals surface area contributed by atoms with Gasteiger partial charge in [0.05, 0.1) is 17.8 Å². The minimum Gasteiger partial charge on any atom is -0.462 e. The van der Waals surface area contributed by atoms with Crippen molar-refractivity contribution in [2.24, 2.45) is 0 Å². The summed E-state index contributed by atoms with van der Waals surface area (Å²) in [6.45, 7) is 6.02. The molecule has 0 unspecified atom stereocenters. The molecule has 0 aliphatic rings. The molecule has 0 amide bonds. The van der Waals surface area contributed by atoms with Crippen molar-refractivity contribution in [3.63, 3.8) is 0 Å². The molecule has 0 bridgehead atoms. The lowest BCUT2D eigenvalue weighted by atomic mass is 10.1. The molecule has 1 aromatic heterocycles. The third kappa shape index (κ3) is 3.44. The van der Waals surface area contributed by atoms with Crippen LogP contribution < -0.4 is 5.32 Å². The van der Waals surface area contributed by atoms with Crippen LogP contribution in [0.5, 0.6) is 0 Å². The summed E-state index contributed by atoms with van der Waals surface area (Å²) < 4.78 is 5.19. The number of benzene rings is 2. The summed E-state index contributed by atoms with van der Waals surface area (Å²) >= 11 is 6.22. The van der Waals surface area contributed by atoms with Crippen molar-refractivity contribution in [1.82, 2.24) is 4.98 Å². The Bertz CT molecular complexity index is 954. The first-order valence-corrected chi connectivity index (χ1v) is 8.47. The quantitative estimate of drug-likeness (QED) is 0.635. The molecule has 0 saturated carbocycles. The van der Waals surface area contributed by atoms with Crippen LogP contribution in [0, 0.1) is 13.8 Å². The van der Waals surface area contributed by atoms with Gasteiger partial charge in [0.15, 0.2) is 0 Å². The number of aryl methyl sites for hydroxylation is 2. The van der Waals surface area contributed by atoms with E-state index in [-0.39, 0.29) is 0 Å². The molecule has 3 aromatic rings. The Morgan fingerprint density at radius 3 is 2.76 bits per heavy atom. The van der Waals surface area contributed by atoms with Crippen molar-refractivity contribution in [2.75, 3.05) is 11.9 Å². The second kappa shape index (κ2) is 7.11. The molecular weight excluding hydrogens is 336 g/mol. The van der Waals surface area contributed by atoms with Crippen LogP contribution in [-0.4, -0.2) is 17.6 Å². The first kappa shape index (κ1) is 17.2.